The Morgan fingerprint density at radius 2 is 1.35 bits per heavy atom. The molecule has 0 aliphatic carbocycles. The minimum atomic E-state index is -0.164. The Morgan fingerprint density at radius 3 is 2.10 bits per heavy atom. The molecule has 0 radical (unpaired) electrons. The number of fused-ring (bicyclic) bond motifs is 2. The summed E-state index contributed by atoms with van der Waals surface area (Å²) in [6, 6.07) is 26.7. The van der Waals surface area contributed by atoms with E-state index in [0.29, 0.717) is 11.5 Å². The summed E-state index contributed by atoms with van der Waals surface area (Å²) in [6.45, 7) is 0. The van der Waals surface area contributed by atoms with Crippen LogP contribution in [0.5, 0.6) is 34.5 Å². The third kappa shape index (κ3) is 4.57. The van der Waals surface area contributed by atoms with E-state index in [0.717, 1.165) is 70.1 Å². The molecule has 0 bridgehead atoms. The molecule has 0 amide bonds. The summed E-state index contributed by atoms with van der Waals surface area (Å²) < 4.78 is 36.4. The highest BCUT2D eigenvalue weighted by Gasteiger charge is 2.38. The van der Waals surface area contributed by atoms with Crippen molar-refractivity contribution in [2.75, 3.05) is 28.4 Å². The van der Waals surface area contributed by atoms with Crippen molar-refractivity contribution < 1.29 is 28.4 Å². The zero-order valence-electron chi connectivity index (χ0n) is 23.3. The van der Waals surface area contributed by atoms with E-state index in [2.05, 4.69) is 36.4 Å². The molecule has 0 aromatic heterocycles. The molecular weight excluding hydrogens is 504 g/mol. The maximum absolute atomic E-state index is 6.92. The highest BCUT2D eigenvalue weighted by molar-refractivity contribution is 5.63. The van der Waals surface area contributed by atoms with Crippen LogP contribution in [0.4, 0.5) is 0 Å². The van der Waals surface area contributed by atoms with E-state index in [9.17, 15) is 0 Å². The number of hydrogen-bond acceptors (Lipinski definition) is 6. The van der Waals surface area contributed by atoms with Gasteiger partial charge in [0, 0.05) is 28.7 Å². The molecule has 4 aromatic carbocycles. The van der Waals surface area contributed by atoms with Gasteiger partial charge in [-0.3, -0.25) is 0 Å². The lowest BCUT2D eigenvalue weighted by Crippen LogP contribution is -2.23. The van der Waals surface area contributed by atoms with E-state index < -0.39 is 0 Å². The first-order valence-corrected chi connectivity index (χ1v) is 13.6. The van der Waals surface area contributed by atoms with Crippen molar-refractivity contribution in [3.63, 3.8) is 0 Å². The molecular formula is C34H34O6. The van der Waals surface area contributed by atoms with Crippen LogP contribution in [0.3, 0.4) is 0 Å². The zero-order valence-corrected chi connectivity index (χ0v) is 23.3. The van der Waals surface area contributed by atoms with E-state index in [-0.39, 0.29) is 18.1 Å². The molecule has 0 saturated heterocycles. The van der Waals surface area contributed by atoms with Gasteiger partial charge >= 0.3 is 0 Å². The van der Waals surface area contributed by atoms with Crippen molar-refractivity contribution in [1.29, 1.82) is 0 Å². The van der Waals surface area contributed by atoms with Crippen molar-refractivity contribution in [2.24, 2.45) is 0 Å². The molecule has 0 unspecified atom stereocenters. The first kappa shape index (κ1) is 25.9. The van der Waals surface area contributed by atoms with Crippen LogP contribution >= 0.6 is 0 Å². The number of hydrogen-bond donors (Lipinski definition) is 0. The number of benzene rings is 4. The normalized spacial score (nSPS) is 19.4. The molecule has 6 nitrogen and oxygen atoms in total. The van der Waals surface area contributed by atoms with Crippen LogP contribution in [0.15, 0.2) is 78.9 Å². The van der Waals surface area contributed by atoms with E-state index in [1.165, 1.54) is 0 Å². The van der Waals surface area contributed by atoms with Crippen molar-refractivity contribution in [3.8, 4) is 34.5 Å². The first-order chi connectivity index (χ1) is 19.6. The smallest absolute Gasteiger partial charge is 0.161 e. The van der Waals surface area contributed by atoms with Gasteiger partial charge < -0.3 is 28.4 Å². The molecule has 2 heterocycles. The van der Waals surface area contributed by atoms with Crippen LogP contribution in [0.25, 0.3) is 0 Å². The van der Waals surface area contributed by atoms with Gasteiger partial charge in [-0.25, -0.2) is 0 Å². The van der Waals surface area contributed by atoms with Gasteiger partial charge in [-0.05, 0) is 48.6 Å². The summed E-state index contributed by atoms with van der Waals surface area (Å²) in [5.74, 6) is 4.61. The lowest BCUT2D eigenvalue weighted by Gasteiger charge is -2.37. The van der Waals surface area contributed by atoms with Crippen LogP contribution in [0, 0.1) is 0 Å². The van der Waals surface area contributed by atoms with Crippen LogP contribution in [-0.2, 0) is 6.42 Å². The Balaban J connectivity index is 1.48. The minimum absolute atomic E-state index is 0.00563. The van der Waals surface area contributed by atoms with E-state index in [1.54, 1.807) is 28.4 Å². The number of methoxy groups -OCH3 is 4. The van der Waals surface area contributed by atoms with Crippen molar-refractivity contribution in [1.82, 2.24) is 0 Å². The minimum Gasteiger partial charge on any atom is -0.496 e. The second-order valence-electron chi connectivity index (χ2n) is 10.1. The molecule has 0 N–H and O–H groups in total. The van der Waals surface area contributed by atoms with E-state index >= 15 is 0 Å². The molecule has 40 heavy (non-hydrogen) atoms. The fourth-order valence-corrected chi connectivity index (χ4v) is 6.05. The average molecular weight is 539 g/mol. The topological polar surface area (TPSA) is 55.4 Å². The fraction of sp³-hybridized carbons (Fsp3) is 0.294. The molecule has 6 rings (SSSR count). The van der Waals surface area contributed by atoms with Gasteiger partial charge in [0.05, 0.1) is 28.4 Å². The Morgan fingerprint density at radius 1 is 0.625 bits per heavy atom. The summed E-state index contributed by atoms with van der Waals surface area (Å²) in [7, 11) is 6.70. The Hall–Kier alpha value is -4.32. The Kier molecular flexibility index (Phi) is 7.16. The molecule has 6 heteroatoms. The van der Waals surface area contributed by atoms with Crippen LogP contribution in [-0.4, -0.2) is 28.4 Å². The highest BCUT2D eigenvalue weighted by atomic mass is 16.5. The second-order valence-corrected chi connectivity index (χ2v) is 10.1. The van der Waals surface area contributed by atoms with Gasteiger partial charge in [0.2, 0.25) is 0 Å². The quantitative estimate of drug-likeness (QED) is 0.244. The van der Waals surface area contributed by atoms with Crippen LogP contribution in [0.1, 0.15) is 58.8 Å². The van der Waals surface area contributed by atoms with Gasteiger partial charge in [0.25, 0.3) is 0 Å². The van der Waals surface area contributed by atoms with Gasteiger partial charge in [-0.15, -0.1) is 0 Å². The third-order valence-electron chi connectivity index (χ3n) is 8.01. The Bertz CT molecular complexity index is 1500. The molecule has 0 spiro atoms. The Labute approximate surface area is 235 Å². The van der Waals surface area contributed by atoms with Gasteiger partial charge in [-0.2, -0.15) is 0 Å². The predicted molar refractivity (Wildman–Crippen MR) is 153 cm³/mol. The lowest BCUT2D eigenvalue weighted by molar-refractivity contribution is 0.155. The van der Waals surface area contributed by atoms with Crippen molar-refractivity contribution >= 4 is 0 Å². The summed E-state index contributed by atoms with van der Waals surface area (Å²) in [4.78, 5) is 0. The first-order valence-electron chi connectivity index (χ1n) is 13.6. The molecule has 0 fully saturated rings. The maximum Gasteiger partial charge on any atom is 0.161 e. The summed E-state index contributed by atoms with van der Waals surface area (Å²) in [6.07, 6.45) is 2.10. The monoisotopic (exact) mass is 538 g/mol. The molecule has 206 valence electrons. The van der Waals surface area contributed by atoms with Crippen molar-refractivity contribution in [3.05, 3.63) is 107 Å². The van der Waals surface area contributed by atoms with Crippen LogP contribution < -0.4 is 28.4 Å². The molecule has 2 aliphatic heterocycles. The molecule has 0 saturated carbocycles. The SMILES string of the molecule is COc1ccc([C@@H]2CCc3c(OC)cc(OC)c([C@@H]4C[C@@H](c5ccccc5)Oc5ccccc54)c3O2)cc1OC. The summed E-state index contributed by atoms with van der Waals surface area (Å²) in [5.41, 5.74) is 5.39. The number of para-hydroxylation sites is 1. The predicted octanol–water partition coefficient (Wildman–Crippen LogP) is 7.44. The van der Waals surface area contributed by atoms with Gasteiger partial charge in [0.15, 0.2) is 11.5 Å². The summed E-state index contributed by atoms with van der Waals surface area (Å²) in [5, 5.41) is 0. The lowest BCUT2D eigenvalue weighted by atomic mass is 9.80. The number of rotatable bonds is 7. The van der Waals surface area contributed by atoms with Crippen LogP contribution in [0.2, 0.25) is 0 Å². The van der Waals surface area contributed by atoms with Gasteiger partial charge in [0.1, 0.15) is 35.2 Å². The number of ether oxygens (including phenoxy) is 6. The van der Waals surface area contributed by atoms with Gasteiger partial charge in [-0.1, -0.05) is 54.6 Å². The van der Waals surface area contributed by atoms with E-state index in [1.807, 2.05) is 42.5 Å². The zero-order chi connectivity index (χ0) is 27.6. The summed E-state index contributed by atoms with van der Waals surface area (Å²) >= 11 is 0. The average Bonchev–Trinajstić information content (AvgIpc) is 3.03. The largest absolute Gasteiger partial charge is 0.496 e. The third-order valence-corrected chi connectivity index (χ3v) is 8.01. The molecule has 3 atom stereocenters. The maximum atomic E-state index is 6.92. The molecule has 2 aliphatic rings. The molecule has 4 aromatic rings. The van der Waals surface area contributed by atoms with E-state index in [4.69, 9.17) is 28.4 Å². The highest BCUT2D eigenvalue weighted by Crippen LogP contribution is 2.55. The standard InChI is InChI=1S/C34H34O6/c1-35-28-16-14-22(18-31(28)37-3)26-17-15-24-30(36-2)20-32(38-4)33(34(24)40-26)25-19-29(21-10-6-5-7-11-21)39-27-13-9-8-12-23(25)27/h5-14,16,18,20,25-26,29H,15,17,19H2,1-4H3/t25-,26+,29+/m1/s1. The second kappa shape index (κ2) is 11.0. The fourth-order valence-electron chi connectivity index (χ4n) is 6.05. The van der Waals surface area contributed by atoms with Crippen molar-refractivity contribution in [2.45, 2.75) is 37.4 Å².